The van der Waals surface area contributed by atoms with Gasteiger partial charge < -0.3 is 14.8 Å². The van der Waals surface area contributed by atoms with E-state index in [-0.39, 0.29) is 17.4 Å². The van der Waals surface area contributed by atoms with Gasteiger partial charge in [-0.1, -0.05) is 0 Å². The number of phenolic OH excluding ortho intramolecular Hbond substituents is 1. The number of hydrogen-bond acceptors (Lipinski definition) is 3. The molecule has 0 saturated heterocycles. The lowest BCUT2D eigenvalue weighted by Crippen LogP contribution is -2.10. The third-order valence-corrected chi connectivity index (χ3v) is 3.23. The van der Waals surface area contributed by atoms with Crippen molar-refractivity contribution in [2.75, 3.05) is 5.32 Å². The van der Waals surface area contributed by atoms with Crippen molar-refractivity contribution in [1.82, 2.24) is 0 Å². The predicted octanol–water partition coefficient (Wildman–Crippen LogP) is 3.76. The second-order valence-corrected chi connectivity index (χ2v) is 4.93. The van der Waals surface area contributed by atoms with Crippen molar-refractivity contribution in [3.8, 4) is 5.75 Å². The van der Waals surface area contributed by atoms with Crippen molar-refractivity contribution in [3.63, 3.8) is 0 Å². The second-order valence-electron chi connectivity index (χ2n) is 3.22. The molecule has 0 atom stereocenters. The third-order valence-electron chi connectivity index (χ3n) is 2.02. The summed E-state index contributed by atoms with van der Waals surface area (Å²) in [6.45, 7) is 0. The van der Waals surface area contributed by atoms with E-state index < -0.39 is 0 Å². The molecule has 0 aliphatic rings. The summed E-state index contributed by atoms with van der Waals surface area (Å²) in [7, 11) is 0. The Morgan fingerprint density at radius 1 is 1.29 bits per heavy atom. The maximum Gasteiger partial charge on any atom is 0.291 e. The van der Waals surface area contributed by atoms with Crippen LogP contribution in [0, 0.1) is 0 Å². The number of phenols is 1. The first-order valence-electron chi connectivity index (χ1n) is 4.61. The standard InChI is InChI=1S/C11H7Br2NO3/c12-7-4-6(5-8(13)10(7)15)14-11(16)9-2-1-3-17-9/h1-5,15H,(H,14,16). The number of benzene rings is 1. The first-order chi connectivity index (χ1) is 8.08. The molecular weight excluding hydrogens is 354 g/mol. The van der Waals surface area contributed by atoms with Crippen molar-refractivity contribution in [1.29, 1.82) is 0 Å². The SMILES string of the molecule is O=C(Nc1cc(Br)c(O)c(Br)c1)c1ccco1. The number of carbonyl (C=O) groups is 1. The van der Waals surface area contributed by atoms with Crippen LogP contribution in [0.1, 0.15) is 10.6 Å². The number of rotatable bonds is 2. The van der Waals surface area contributed by atoms with Crippen LogP contribution in [0.2, 0.25) is 0 Å². The number of furan rings is 1. The minimum atomic E-state index is -0.348. The van der Waals surface area contributed by atoms with Gasteiger partial charge in [0, 0.05) is 5.69 Å². The van der Waals surface area contributed by atoms with Crippen molar-refractivity contribution in [2.24, 2.45) is 0 Å². The minimum Gasteiger partial charge on any atom is -0.506 e. The quantitative estimate of drug-likeness (QED) is 0.801. The van der Waals surface area contributed by atoms with Crippen LogP contribution >= 0.6 is 31.9 Å². The molecule has 0 bridgehead atoms. The molecule has 0 unspecified atom stereocenters. The maximum atomic E-state index is 11.7. The molecule has 2 rings (SSSR count). The van der Waals surface area contributed by atoms with Gasteiger partial charge in [0.1, 0.15) is 5.75 Å². The van der Waals surface area contributed by atoms with E-state index in [1.807, 2.05) is 0 Å². The molecular formula is C11H7Br2NO3. The Labute approximate surface area is 114 Å². The van der Waals surface area contributed by atoms with Gasteiger partial charge >= 0.3 is 0 Å². The number of carbonyl (C=O) groups excluding carboxylic acids is 1. The number of halogens is 2. The molecule has 0 radical (unpaired) electrons. The number of nitrogens with one attached hydrogen (secondary N) is 1. The normalized spacial score (nSPS) is 10.2. The molecule has 0 aliphatic carbocycles. The van der Waals surface area contributed by atoms with Gasteiger partial charge in [-0.25, -0.2) is 0 Å². The zero-order chi connectivity index (χ0) is 12.4. The van der Waals surface area contributed by atoms with E-state index in [1.165, 1.54) is 6.26 Å². The first kappa shape index (κ1) is 12.2. The Bertz CT molecular complexity index is 529. The maximum absolute atomic E-state index is 11.7. The largest absolute Gasteiger partial charge is 0.506 e. The van der Waals surface area contributed by atoms with Crippen molar-refractivity contribution >= 4 is 43.5 Å². The molecule has 1 amide bonds. The summed E-state index contributed by atoms with van der Waals surface area (Å²) < 4.78 is 5.94. The molecule has 88 valence electrons. The summed E-state index contributed by atoms with van der Waals surface area (Å²) in [6, 6.07) is 6.40. The Morgan fingerprint density at radius 3 is 2.47 bits per heavy atom. The summed E-state index contributed by atoms with van der Waals surface area (Å²) in [5.74, 6) is -0.0363. The molecule has 6 heteroatoms. The van der Waals surface area contributed by atoms with E-state index in [0.717, 1.165) is 0 Å². The van der Waals surface area contributed by atoms with Crippen molar-refractivity contribution in [2.45, 2.75) is 0 Å². The molecule has 0 saturated carbocycles. The van der Waals surface area contributed by atoms with Gasteiger partial charge in [0.2, 0.25) is 0 Å². The van der Waals surface area contributed by atoms with Gasteiger partial charge in [-0.15, -0.1) is 0 Å². The highest BCUT2D eigenvalue weighted by Crippen LogP contribution is 2.35. The third kappa shape index (κ3) is 2.70. The minimum absolute atomic E-state index is 0.0843. The summed E-state index contributed by atoms with van der Waals surface area (Å²) in [4.78, 5) is 11.7. The zero-order valence-corrected chi connectivity index (χ0v) is 11.6. The lowest BCUT2D eigenvalue weighted by Gasteiger charge is -2.06. The molecule has 1 aromatic heterocycles. The zero-order valence-electron chi connectivity index (χ0n) is 8.41. The van der Waals surface area contributed by atoms with Crippen LogP contribution in [0.5, 0.6) is 5.75 Å². The first-order valence-corrected chi connectivity index (χ1v) is 6.19. The van der Waals surface area contributed by atoms with E-state index in [1.54, 1.807) is 24.3 Å². The summed E-state index contributed by atoms with van der Waals surface area (Å²) >= 11 is 6.36. The average molecular weight is 361 g/mol. The van der Waals surface area contributed by atoms with Crippen LogP contribution in [-0.2, 0) is 0 Å². The monoisotopic (exact) mass is 359 g/mol. The Kier molecular flexibility index (Phi) is 3.54. The summed E-state index contributed by atoms with van der Waals surface area (Å²) in [5.41, 5.74) is 0.544. The van der Waals surface area contributed by atoms with Crippen LogP contribution in [0.3, 0.4) is 0 Å². The van der Waals surface area contributed by atoms with Crippen LogP contribution in [0.4, 0.5) is 5.69 Å². The second kappa shape index (κ2) is 4.93. The highest BCUT2D eigenvalue weighted by Gasteiger charge is 2.11. The molecule has 0 fully saturated rings. The van der Waals surface area contributed by atoms with E-state index in [0.29, 0.717) is 14.6 Å². The highest BCUT2D eigenvalue weighted by molar-refractivity contribution is 9.11. The summed E-state index contributed by atoms with van der Waals surface area (Å²) in [6.07, 6.45) is 1.43. The molecule has 1 aromatic carbocycles. The van der Waals surface area contributed by atoms with Crippen LogP contribution in [0.15, 0.2) is 43.9 Å². The van der Waals surface area contributed by atoms with Crippen LogP contribution in [-0.4, -0.2) is 11.0 Å². The van der Waals surface area contributed by atoms with Gasteiger partial charge in [0.25, 0.3) is 5.91 Å². The smallest absolute Gasteiger partial charge is 0.291 e. The molecule has 1 heterocycles. The van der Waals surface area contributed by atoms with Gasteiger partial charge in [-0.05, 0) is 56.1 Å². The number of anilines is 1. The topological polar surface area (TPSA) is 62.5 Å². The molecule has 0 aliphatic heterocycles. The average Bonchev–Trinajstić information content (AvgIpc) is 2.79. The predicted molar refractivity (Wildman–Crippen MR) is 70.2 cm³/mol. The fraction of sp³-hybridized carbons (Fsp3) is 0. The van der Waals surface area contributed by atoms with Gasteiger partial charge in [0.05, 0.1) is 15.2 Å². The van der Waals surface area contributed by atoms with E-state index in [9.17, 15) is 9.90 Å². The van der Waals surface area contributed by atoms with Crippen molar-refractivity contribution < 1.29 is 14.3 Å². The van der Waals surface area contributed by atoms with Gasteiger partial charge in [-0.3, -0.25) is 4.79 Å². The fourth-order valence-corrected chi connectivity index (χ4v) is 2.42. The van der Waals surface area contributed by atoms with Gasteiger partial charge in [-0.2, -0.15) is 0 Å². The van der Waals surface area contributed by atoms with Crippen molar-refractivity contribution in [3.05, 3.63) is 45.2 Å². The molecule has 2 N–H and O–H groups in total. The van der Waals surface area contributed by atoms with Crippen LogP contribution < -0.4 is 5.32 Å². The number of aromatic hydroxyl groups is 1. The fourth-order valence-electron chi connectivity index (χ4n) is 1.24. The molecule has 2 aromatic rings. The Hall–Kier alpha value is -1.27. The highest BCUT2D eigenvalue weighted by atomic mass is 79.9. The van der Waals surface area contributed by atoms with E-state index in [2.05, 4.69) is 37.2 Å². The lowest BCUT2D eigenvalue weighted by molar-refractivity contribution is 0.0996. The molecule has 0 spiro atoms. The Balaban J connectivity index is 2.22. The van der Waals surface area contributed by atoms with Crippen LogP contribution in [0.25, 0.3) is 0 Å². The lowest BCUT2D eigenvalue weighted by atomic mass is 10.3. The van der Waals surface area contributed by atoms with E-state index in [4.69, 9.17) is 4.42 Å². The number of amides is 1. The molecule has 17 heavy (non-hydrogen) atoms. The Morgan fingerprint density at radius 2 is 1.94 bits per heavy atom. The van der Waals surface area contributed by atoms with Gasteiger partial charge in [0.15, 0.2) is 5.76 Å². The molecule has 4 nitrogen and oxygen atoms in total. The summed E-state index contributed by atoms with van der Waals surface area (Å²) in [5, 5.41) is 12.2. The number of hydrogen-bond donors (Lipinski definition) is 2. The van der Waals surface area contributed by atoms with E-state index >= 15 is 0 Å².